The topological polar surface area (TPSA) is 37.3 Å². The quantitative estimate of drug-likeness (QED) is 0.721. The lowest BCUT2D eigenvalue weighted by Crippen LogP contribution is -2.41. The van der Waals surface area contributed by atoms with Gasteiger partial charge in [0.05, 0.1) is 5.03 Å². The summed E-state index contributed by atoms with van der Waals surface area (Å²) in [5.41, 5.74) is 0. The molecule has 0 saturated heterocycles. The zero-order valence-corrected chi connectivity index (χ0v) is 8.37. The molecule has 2 unspecified atom stereocenters. The monoisotopic (exact) mass is 244 g/mol. The molecule has 0 amide bonds. The van der Waals surface area contributed by atoms with Crippen molar-refractivity contribution in [1.82, 2.24) is 0 Å². The number of carbonyl (C=O) groups is 1. The van der Waals surface area contributed by atoms with Gasteiger partial charge in [-0.25, -0.2) is 9.18 Å². The molecule has 0 radical (unpaired) electrons. The predicted molar refractivity (Wildman–Crippen MR) is 49.0 cm³/mol. The molecule has 13 heavy (non-hydrogen) atoms. The Hall–Kier alpha value is -0.250. The summed E-state index contributed by atoms with van der Waals surface area (Å²) >= 11 is 16.6. The van der Waals surface area contributed by atoms with Gasteiger partial charge in [0.25, 0.3) is 0 Å². The van der Waals surface area contributed by atoms with Crippen molar-refractivity contribution in [3.05, 3.63) is 23.0 Å². The molecular formula is C7H4Cl3FO2. The van der Waals surface area contributed by atoms with Gasteiger partial charge in [-0.15, -0.1) is 11.6 Å². The number of allylic oxidation sites excluding steroid dienone is 3. The van der Waals surface area contributed by atoms with Crippen molar-refractivity contribution < 1.29 is 14.3 Å². The van der Waals surface area contributed by atoms with Crippen molar-refractivity contribution >= 4 is 40.8 Å². The molecule has 0 heterocycles. The van der Waals surface area contributed by atoms with Gasteiger partial charge in [0.2, 0.25) is 0 Å². The van der Waals surface area contributed by atoms with Gasteiger partial charge in [-0.2, -0.15) is 0 Å². The third kappa shape index (κ3) is 1.68. The summed E-state index contributed by atoms with van der Waals surface area (Å²) in [5, 5.41) is 7.02. The summed E-state index contributed by atoms with van der Waals surface area (Å²) in [4.78, 5) is 8.80. The molecule has 1 rings (SSSR count). The second kappa shape index (κ2) is 3.48. The van der Waals surface area contributed by atoms with Crippen LogP contribution in [0, 0.1) is 0 Å². The second-order valence-electron chi connectivity index (χ2n) is 2.46. The number of carboxylic acid groups (broad SMARTS) is 1. The molecule has 1 N–H and O–H groups in total. The Bertz CT molecular complexity index is 313. The minimum atomic E-state index is -1.87. The van der Waals surface area contributed by atoms with E-state index in [4.69, 9.17) is 39.9 Å². The van der Waals surface area contributed by atoms with Gasteiger partial charge in [-0.1, -0.05) is 23.2 Å². The third-order valence-electron chi connectivity index (χ3n) is 1.62. The summed E-state index contributed by atoms with van der Waals surface area (Å²) in [7, 11) is 0. The zero-order chi connectivity index (χ0) is 10.2. The lowest BCUT2D eigenvalue weighted by atomic mass is 9.99. The van der Waals surface area contributed by atoms with E-state index in [1.54, 1.807) is 0 Å². The van der Waals surface area contributed by atoms with Crippen LogP contribution in [0.2, 0.25) is 0 Å². The highest BCUT2D eigenvalue weighted by atomic mass is 35.5. The van der Waals surface area contributed by atoms with Gasteiger partial charge in [0, 0.05) is 0 Å². The average Bonchev–Trinajstić information content (AvgIpc) is 2.08. The molecule has 72 valence electrons. The molecule has 0 fully saturated rings. The van der Waals surface area contributed by atoms with Crippen molar-refractivity contribution in [2.24, 2.45) is 0 Å². The van der Waals surface area contributed by atoms with E-state index in [1.807, 2.05) is 0 Å². The first-order chi connectivity index (χ1) is 5.89. The molecule has 2 nitrogen and oxygen atoms in total. The summed E-state index contributed by atoms with van der Waals surface area (Å²) in [6, 6.07) is 0. The largest absolute Gasteiger partial charge is 0.480 e. The molecule has 1 aliphatic rings. The van der Waals surface area contributed by atoms with Crippen LogP contribution in [0.3, 0.4) is 0 Å². The Kier molecular flexibility index (Phi) is 2.90. The van der Waals surface area contributed by atoms with Gasteiger partial charge >= 0.3 is 5.97 Å². The van der Waals surface area contributed by atoms with E-state index in [9.17, 15) is 9.18 Å². The summed E-state index contributed by atoms with van der Waals surface area (Å²) in [6.07, 6.45) is 1.86. The lowest BCUT2D eigenvalue weighted by molar-refractivity contribution is -0.138. The fraction of sp³-hybridized carbons (Fsp3) is 0.286. The molecule has 0 aromatic rings. The number of carboxylic acids is 1. The number of rotatable bonds is 1. The first kappa shape index (κ1) is 10.8. The van der Waals surface area contributed by atoms with Crippen LogP contribution in [0.5, 0.6) is 0 Å². The van der Waals surface area contributed by atoms with E-state index in [0.29, 0.717) is 0 Å². The van der Waals surface area contributed by atoms with Crippen molar-refractivity contribution in [3.63, 3.8) is 0 Å². The van der Waals surface area contributed by atoms with E-state index < -0.39 is 22.0 Å². The highest BCUT2D eigenvalue weighted by Gasteiger charge is 2.45. The molecule has 6 heteroatoms. The van der Waals surface area contributed by atoms with E-state index in [-0.39, 0.29) is 5.03 Å². The standard InChI is InChI=1S/C7H4Cl3FO2/c8-4-3(11)1-2-7(10,5(4)9)6(12)13/h1-2,5H,(H,12,13). The highest BCUT2D eigenvalue weighted by Crippen LogP contribution is 2.39. The van der Waals surface area contributed by atoms with E-state index in [0.717, 1.165) is 12.2 Å². The average molecular weight is 245 g/mol. The van der Waals surface area contributed by atoms with Crippen molar-refractivity contribution in [2.75, 3.05) is 0 Å². The molecule has 0 bridgehead atoms. The Labute approximate surface area is 88.6 Å². The van der Waals surface area contributed by atoms with Gasteiger partial charge in [-0.05, 0) is 12.2 Å². The molecule has 0 aromatic heterocycles. The van der Waals surface area contributed by atoms with E-state index in [1.165, 1.54) is 0 Å². The molecule has 0 aliphatic heterocycles. The normalized spacial score (nSPS) is 33.7. The Morgan fingerprint density at radius 3 is 2.69 bits per heavy atom. The summed E-state index contributed by atoms with van der Waals surface area (Å²) in [6.45, 7) is 0. The van der Waals surface area contributed by atoms with E-state index in [2.05, 4.69) is 0 Å². The zero-order valence-electron chi connectivity index (χ0n) is 6.10. The van der Waals surface area contributed by atoms with Gasteiger partial charge < -0.3 is 5.11 Å². The van der Waals surface area contributed by atoms with Crippen LogP contribution in [0.15, 0.2) is 23.0 Å². The van der Waals surface area contributed by atoms with Gasteiger partial charge in [0.15, 0.2) is 4.87 Å². The van der Waals surface area contributed by atoms with E-state index >= 15 is 0 Å². The van der Waals surface area contributed by atoms with Crippen LogP contribution in [0.1, 0.15) is 0 Å². The number of halogens is 4. The minimum Gasteiger partial charge on any atom is -0.480 e. The van der Waals surface area contributed by atoms with Crippen LogP contribution in [-0.4, -0.2) is 21.3 Å². The molecule has 0 saturated carbocycles. The summed E-state index contributed by atoms with van der Waals surface area (Å²) < 4.78 is 12.8. The first-order valence-electron chi connectivity index (χ1n) is 3.20. The molecule has 0 aromatic carbocycles. The molecule has 1 aliphatic carbocycles. The maximum absolute atomic E-state index is 12.8. The minimum absolute atomic E-state index is 0.387. The number of alkyl halides is 2. The predicted octanol–water partition coefficient (Wildman–Crippen LogP) is 2.65. The van der Waals surface area contributed by atoms with Gasteiger partial charge in [0.1, 0.15) is 11.2 Å². The number of hydrogen-bond acceptors (Lipinski definition) is 1. The smallest absolute Gasteiger partial charge is 0.330 e. The molecule has 0 spiro atoms. The lowest BCUT2D eigenvalue weighted by Gasteiger charge is -2.26. The van der Waals surface area contributed by atoms with Crippen LogP contribution in [0.4, 0.5) is 4.39 Å². The maximum atomic E-state index is 12.8. The molecular weight excluding hydrogens is 241 g/mol. The first-order valence-corrected chi connectivity index (χ1v) is 4.39. The van der Waals surface area contributed by atoms with Crippen LogP contribution >= 0.6 is 34.8 Å². The number of hydrogen-bond donors (Lipinski definition) is 1. The fourth-order valence-corrected chi connectivity index (χ4v) is 1.58. The summed E-state index contributed by atoms with van der Waals surface area (Å²) in [5.74, 6) is -2.13. The second-order valence-corrected chi connectivity index (χ2v) is 3.93. The fourth-order valence-electron chi connectivity index (χ4n) is 0.844. The Morgan fingerprint density at radius 1 is 1.69 bits per heavy atom. The molecule has 2 atom stereocenters. The Balaban J connectivity index is 3.12. The van der Waals surface area contributed by atoms with Crippen molar-refractivity contribution in [3.8, 4) is 0 Å². The highest BCUT2D eigenvalue weighted by molar-refractivity contribution is 6.47. The van der Waals surface area contributed by atoms with Crippen LogP contribution in [-0.2, 0) is 4.79 Å². The van der Waals surface area contributed by atoms with Crippen molar-refractivity contribution in [2.45, 2.75) is 10.3 Å². The SMILES string of the molecule is O=C(O)C1(Cl)C=CC(F)=C(Cl)C1Cl. The van der Waals surface area contributed by atoms with Crippen LogP contribution in [0.25, 0.3) is 0 Å². The maximum Gasteiger partial charge on any atom is 0.330 e. The van der Waals surface area contributed by atoms with Crippen LogP contribution < -0.4 is 0 Å². The third-order valence-corrected chi connectivity index (χ3v) is 3.31. The Morgan fingerprint density at radius 2 is 2.23 bits per heavy atom. The number of aliphatic carboxylic acids is 1. The van der Waals surface area contributed by atoms with Gasteiger partial charge in [-0.3, -0.25) is 0 Å². The van der Waals surface area contributed by atoms with Crippen molar-refractivity contribution in [1.29, 1.82) is 0 Å².